The molecule has 0 radical (unpaired) electrons. The van der Waals surface area contributed by atoms with Gasteiger partial charge in [0.2, 0.25) is 5.91 Å². The quantitative estimate of drug-likeness (QED) is 0.566. The van der Waals surface area contributed by atoms with Gasteiger partial charge >= 0.3 is 5.97 Å². The summed E-state index contributed by atoms with van der Waals surface area (Å²) in [5, 5.41) is 2.84. The van der Waals surface area contributed by atoms with Crippen LogP contribution in [0.4, 0.5) is 5.69 Å². The normalized spacial score (nSPS) is 10.6. The van der Waals surface area contributed by atoms with E-state index in [9.17, 15) is 9.59 Å². The molecule has 1 amide bonds. The lowest BCUT2D eigenvalue weighted by Gasteiger charge is -2.16. The van der Waals surface area contributed by atoms with Gasteiger partial charge in [-0.1, -0.05) is 12.1 Å². The zero-order valence-corrected chi connectivity index (χ0v) is 16.1. The Morgan fingerprint density at radius 1 is 1.08 bits per heavy atom. The van der Waals surface area contributed by atoms with Crippen LogP contribution in [0.5, 0.6) is 0 Å². The lowest BCUT2D eigenvalue weighted by Crippen LogP contribution is -2.29. The Morgan fingerprint density at radius 3 is 2.31 bits per heavy atom. The molecule has 0 bridgehead atoms. The molecule has 0 aliphatic heterocycles. The summed E-state index contributed by atoms with van der Waals surface area (Å²) in [5.41, 5.74) is 2.29. The topological polar surface area (TPSA) is 58.6 Å². The Bertz CT molecular complexity index is 730. The van der Waals surface area contributed by atoms with Gasteiger partial charge in [0.25, 0.3) is 0 Å². The summed E-state index contributed by atoms with van der Waals surface area (Å²) in [6.45, 7) is 3.08. The van der Waals surface area contributed by atoms with Crippen molar-refractivity contribution in [3.63, 3.8) is 0 Å². The van der Waals surface area contributed by atoms with Crippen LogP contribution in [-0.2, 0) is 16.1 Å². The second kappa shape index (κ2) is 9.99. The molecule has 0 spiro atoms. The molecule has 2 aromatic carbocycles. The lowest BCUT2D eigenvalue weighted by molar-refractivity contribution is -0.117. The van der Waals surface area contributed by atoms with E-state index < -0.39 is 0 Å². The molecule has 0 saturated carbocycles. The molecule has 2 aromatic rings. The van der Waals surface area contributed by atoms with Gasteiger partial charge < -0.3 is 10.1 Å². The standard InChI is InChI=1S/C20H24N2O3S/c1-4-25-20(24)16-7-9-17(10-8-16)21-19(23)14-22(2)13-15-5-11-18(26-3)12-6-15/h5-12H,4,13-14H2,1-3H3,(H,21,23). The molecule has 0 aliphatic rings. The van der Waals surface area contributed by atoms with E-state index in [-0.39, 0.29) is 18.4 Å². The van der Waals surface area contributed by atoms with Crippen molar-refractivity contribution in [2.45, 2.75) is 18.4 Å². The monoisotopic (exact) mass is 372 g/mol. The number of hydrogen-bond donors (Lipinski definition) is 1. The molecule has 2 rings (SSSR count). The van der Waals surface area contributed by atoms with Crippen molar-refractivity contribution < 1.29 is 14.3 Å². The SMILES string of the molecule is CCOC(=O)c1ccc(NC(=O)CN(C)Cc2ccc(SC)cc2)cc1. The van der Waals surface area contributed by atoms with Crippen LogP contribution in [0, 0.1) is 0 Å². The number of rotatable bonds is 8. The number of esters is 1. The number of nitrogens with one attached hydrogen (secondary N) is 1. The minimum absolute atomic E-state index is 0.0999. The number of likely N-dealkylation sites (N-methyl/N-ethyl adjacent to an activating group) is 1. The van der Waals surface area contributed by atoms with Crippen LogP contribution >= 0.6 is 11.8 Å². The number of benzene rings is 2. The molecule has 1 N–H and O–H groups in total. The second-order valence-electron chi connectivity index (χ2n) is 5.87. The van der Waals surface area contributed by atoms with Crippen LogP contribution in [0.15, 0.2) is 53.4 Å². The van der Waals surface area contributed by atoms with Gasteiger partial charge in [0.05, 0.1) is 18.7 Å². The fraction of sp³-hybridized carbons (Fsp3) is 0.300. The zero-order valence-electron chi connectivity index (χ0n) is 15.3. The highest BCUT2D eigenvalue weighted by Gasteiger charge is 2.09. The van der Waals surface area contributed by atoms with Crippen LogP contribution in [0.25, 0.3) is 0 Å². The third-order valence-electron chi connectivity index (χ3n) is 3.70. The van der Waals surface area contributed by atoms with Crippen molar-refractivity contribution in [1.29, 1.82) is 0 Å². The van der Waals surface area contributed by atoms with Crippen molar-refractivity contribution in [1.82, 2.24) is 4.90 Å². The van der Waals surface area contributed by atoms with Gasteiger partial charge in [0.1, 0.15) is 0 Å². The Morgan fingerprint density at radius 2 is 1.73 bits per heavy atom. The van der Waals surface area contributed by atoms with E-state index in [1.54, 1.807) is 43.0 Å². The Labute approximate surface area is 158 Å². The van der Waals surface area contributed by atoms with Crippen LogP contribution in [0.3, 0.4) is 0 Å². The van der Waals surface area contributed by atoms with Gasteiger partial charge in [0, 0.05) is 17.1 Å². The highest BCUT2D eigenvalue weighted by atomic mass is 32.2. The minimum Gasteiger partial charge on any atom is -0.462 e. The maximum atomic E-state index is 12.2. The molecule has 5 nitrogen and oxygen atoms in total. The Hall–Kier alpha value is -2.31. The molecule has 0 aliphatic carbocycles. The van der Waals surface area contributed by atoms with Crippen LogP contribution in [-0.4, -0.2) is 43.2 Å². The summed E-state index contributed by atoms with van der Waals surface area (Å²) in [6.07, 6.45) is 2.05. The molecule has 0 atom stereocenters. The van der Waals surface area contributed by atoms with Crippen LogP contribution < -0.4 is 5.32 Å². The van der Waals surface area contributed by atoms with E-state index in [4.69, 9.17) is 4.74 Å². The van der Waals surface area contributed by atoms with Crippen molar-refractivity contribution in [2.75, 3.05) is 31.8 Å². The van der Waals surface area contributed by atoms with E-state index in [1.807, 2.05) is 18.2 Å². The molecular weight excluding hydrogens is 348 g/mol. The summed E-state index contributed by atoms with van der Waals surface area (Å²) in [7, 11) is 1.91. The molecule has 138 valence electrons. The van der Waals surface area contributed by atoms with E-state index in [1.165, 1.54) is 4.90 Å². The molecule has 6 heteroatoms. The number of amides is 1. The number of carbonyl (C=O) groups is 2. The van der Waals surface area contributed by atoms with Crippen LogP contribution in [0.1, 0.15) is 22.8 Å². The molecule has 0 aromatic heterocycles. The summed E-state index contributed by atoms with van der Waals surface area (Å²) < 4.78 is 4.94. The summed E-state index contributed by atoms with van der Waals surface area (Å²) in [5.74, 6) is -0.463. The average Bonchev–Trinajstić information content (AvgIpc) is 2.63. The van der Waals surface area contributed by atoms with Gasteiger partial charge in [-0.3, -0.25) is 9.69 Å². The van der Waals surface area contributed by atoms with Crippen LogP contribution in [0.2, 0.25) is 0 Å². The van der Waals surface area contributed by atoms with Gasteiger partial charge in [0.15, 0.2) is 0 Å². The lowest BCUT2D eigenvalue weighted by atomic mass is 10.2. The first-order valence-corrected chi connectivity index (χ1v) is 9.62. The Kier molecular flexibility index (Phi) is 7.69. The highest BCUT2D eigenvalue weighted by Crippen LogP contribution is 2.16. The van der Waals surface area contributed by atoms with Gasteiger partial charge in [-0.05, 0) is 62.2 Å². The Balaban J connectivity index is 1.84. The summed E-state index contributed by atoms with van der Waals surface area (Å²) in [6, 6.07) is 15.0. The summed E-state index contributed by atoms with van der Waals surface area (Å²) in [4.78, 5) is 27.0. The largest absolute Gasteiger partial charge is 0.462 e. The molecule has 0 fully saturated rings. The molecular formula is C20H24N2O3S. The van der Waals surface area contributed by atoms with Crippen molar-refractivity contribution in [2.24, 2.45) is 0 Å². The van der Waals surface area contributed by atoms with Crippen molar-refractivity contribution >= 4 is 29.3 Å². The van der Waals surface area contributed by atoms with Crippen molar-refractivity contribution in [3.8, 4) is 0 Å². The predicted molar refractivity (Wildman–Crippen MR) is 106 cm³/mol. The first-order valence-electron chi connectivity index (χ1n) is 8.40. The zero-order chi connectivity index (χ0) is 18.9. The second-order valence-corrected chi connectivity index (χ2v) is 6.75. The molecule has 0 heterocycles. The van der Waals surface area contributed by atoms with Gasteiger partial charge in [-0.2, -0.15) is 0 Å². The maximum absolute atomic E-state index is 12.2. The number of carbonyl (C=O) groups excluding carboxylic acids is 2. The van der Waals surface area contributed by atoms with E-state index in [2.05, 4.69) is 29.6 Å². The van der Waals surface area contributed by atoms with E-state index >= 15 is 0 Å². The number of hydrogen-bond acceptors (Lipinski definition) is 5. The smallest absolute Gasteiger partial charge is 0.338 e. The first kappa shape index (κ1) is 20.0. The van der Waals surface area contributed by atoms with E-state index in [0.29, 0.717) is 24.4 Å². The van der Waals surface area contributed by atoms with E-state index in [0.717, 1.165) is 5.56 Å². The molecule has 0 unspecified atom stereocenters. The number of thioether (sulfide) groups is 1. The number of ether oxygens (including phenoxy) is 1. The van der Waals surface area contributed by atoms with Crippen molar-refractivity contribution in [3.05, 3.63) is 59.7 Å². The molecule has 0 saturated heterocycles. The molecule has 26 heavy (non-hydrogen) atoms. The highest BCUT2D eigenvalue weighted by molar-refractivity contribution is 7.98. The van der Waals surface area contributed by atoms with Gasteiger partial charge in [-0.15, -0.1) is 11.8 Å². The number of nitrogens with zero attached hydrogens (tertiary/aromatic N) is 1. The predicted octanol–water partition coefficient (Wildman–Crippen LogP) is 3.66. The third kappa shape index (κ3) is 6.20. The third-order valence-corrected chi connectivity index (χ3v) is 4.45. The minimum atomic E-state index is -0.363. The fourth-order valence-electron chi connectivity index (χ4n) is 2.45. The number of anilines is 1. The first-order chi connectivity index (χ1) is 12.5. The average molecular weight is 372 g/mol. The fourth-order valence-corrected chi connectivity index (χ4v) is 2.86. The van der Waals surface area contributed by atoms with Gasteiger partial charge in [-0.25, -0.2) is 4.79 Å². The summed E-state index contributed by atoms with van der Waals surface area (Å²) >= 11 is 1.71. The maximum Gasteiger partial charge on any atom is 0.338 e.